The molecule has 0 radical (unpaired) electrons. The van der Waals surface area contributed by atoms with Crippen molar-refractivity contribution in [2.45, 2.75) is 32.7 Å². The first-order valence-corrected chi connectivity index (χ1v) is 7.33. The van der Waals surface area contributed by atoms with Crippen LogP contribution in [-0.4, -0.2) is 11.5 Å². The van der Waals surface area contributed by atoms with Crippen LogP contribution in [0.15, 0.2) is 22.1 Å². The summed E-state index contributed by atoms with van der Waals surface area (Å²) >= 11 is 7.74. The third-order valence-electron chi connectivity index (χ3n) is 2.74. The van der Waals surface area contributed by atoms with Crippen molar-refractivity contribution in [3.05, 3.63) is 39.2 Å². The Bertz CT molecular complexity index is 495. The molecule has 2 aromatic heterocycles. The summed E-state index contributed by atoms with van der Waals surface area (Å²) < 4.78 is 5.18. The van der Waals surface area contributed by atoms with Gasteiger partial charge >= 0.3 is 0 Å². The van der Waals surface area contributed by atoms with E-state index in [1.54, 1.807) is 17.6 Å². The van der Waals surface area contributed by atoms with E-state index in [9.17, 15) is 0 Å². The molecule has 18 heavy (non-hydrogen) atoms. The lowest BCUT2D eigenvalue weighted by molar-refractivity contribution is 0.510. The zero-order valence-corrected chi connectivity index (χ0v) is 12.1. The maximum absolute atomic E-state index is 6.06. The van der Waals surface area contributed by atoms with Crippen molar-refractivity contribution >= 4 is 22.9 Å². The van der Waals surface area contributed by atoms with Gasteiger partial charge in [0, 0.05) is 23.4 Å². The molecule has 0 amide bonds. The molecule has 2 aromatic rings. The van der Waals surface area contributed by atoms with E-state index in [0.717, 1.165) is 35.7 Å². The average Bonchev–Trinajstić information content (AvgIpc) is 2.93. The standard InChI is InChI=1S/C13H17ClN2OS/c1-3-5-15-12(11-4-6-17-13(11)14)7-10-8-18-9(2)16-10/h4,6,8,12,15H,3,5,7H2,1-2H3. The lowest BCUT2D eigenvalue weighted by Gasteiger charge is -2.16. The molecule has 0 saturated heterocycles. The van der Waals surface area contributed by atoms with Gasteiger partial charge in [0.05, 0.1) is 17.0 Å². The van der Waals surface area contributed by atoms with E-state index in [2.05, 4.69) is 22.6 Å². The molecule has 0 fully saturated rings. The highest BCUT2D eigenvalue weighted by Gasteiger charge is 2.18. The first-order chi connectivity index (χ1) is 8.70. The molecule has 0 saturated carbocycles. The van der Waals surface area contributed by atoms with Gasteiger partial charge in [0.15, 0.2) is 5.22 Å². The van der Waals surface area contributed by atoms with Gasteiger partial charge in [-0.15, -0.1) is 11.3 Å². The quantitative estimate of drug-likeness (QED) is 0.872. The van der Waals surface area contributed by atoms with Crippen LogP contribution < -0.4 is 5.32 Å². The van der Waals surface area contributed by atoms with E-state index >= 15 is 0 Å². The number of aromatic nitrogens is 1. The second-order valence-corrected chi connectivity index (χ2v) is 5.62. The van der Waals surface area contributed by atoms with Crippen LogP contribution in [-0.2, 0) is 6.42 Å². The van der Waals surface area contributed by atoms with Crippen LogP contribution in [0.5, 0.6) is 0 Å². The number of halogens is 1. The summed E-state index contributed by atoms with van der Waals surface area (Å²) in [6, 6.07) is 2.09. The number of thiazole rings is 1. The molecule has 98 valence electrons. The van der Waals surface area contributed by atoms with Gasteiger partial charge in [0.1, 0.15) is 0 Å². The van der Waals surface area contributed by atoms with Gasteiger partial charge < -0.3 is 9.73 Å². The number of aryl methyl sites for hydroxylation is 1. The summed E-state index contributed by atoms with van der Waals surface area (Å²) in [5.74, 6) is 0. The van der Waals surface area contributed by atoms with Crippen LogP contribution in [0, 0.1) is 6.92 Å². The molecule has 1 N–H and O–H groups in total. The topological polar surface area (TPSA) is 38.1 Å². The van der Waals surface area contributed by atoms with E-state index < -0.39 is 0 Å². The Labute approximate surface area is 116 Å². The number of nitrogens with zero attached hydrogens (tertiary/aromatic N) is 1. The fourth-order valence-corrected chi connectivity index (χ4v) is 2.75. The van der Waals surface area contributed by atoms with Gasteiger partial charge in [-0.3, -0.25) is 0 Å². The fraction of sp³-hybridized carbons (Fsp3) is 0.462. The van der Waals surface area contributed by atoms with E-state index in [0.29, 0.717) is 5.22 Å². The predicted molar refractivity (Wildman–Crippen MR) is 75.3 cm³/mol. The first-order valence-electron chi connectivity index (χ1n) is 6.08. The van der Waals surface area contributed by atoms with Gasteiger partial charge in [0.2, 0.25) is 0 Å². The van der Waals surface area contributed by atoms with Gasteiger partial charge in [-0.2, -0.15) is 0 Å². The molecule has 2 rings (SSSR count). The van der Waals surface area contributed by atoms with Gasteiger partial charge in [-0.05, 0) is 37.6 Å². The van der Waals surface area contributed by atoms with Crippen LogP contribution in [0.4, 0.5) is 0 Å². The zero-order chi connectivity index (χ0) is 13.0. The monoisotopic (exact) mass is 284 g/mol. The minimum atomic E-state index is 0.165. The Hall–Kier alpha value is -0.840. The van der Waals surface area contributed by atoms with Crippen LogP contribution >= 0.6 is 22.9 Å². The molecule has 0 aliphatic rings. The normalized spacial score (nSPS) is 12.8. The molecule has 0 spiro atoms. The van der Waals surface area contributed by atoms with Crippen molar-refractivity contribution in [2.24, 2.45) is 0 Å². The maximum atomic E-state index is 6.06. The summed E-state index contributed by atoms with van der Waals surface area (Å²) in [6.45, 7) is 5.12. The van der Waals surface area contributed by atoms with Gasteiger partial charge in [-0.1, -0.05) is 6.92 Å². The Kier molecular flexibility index (Phi) is 4.80. The minimum Gasteiger partial charge on any atom is -0.453 e. The molecule has 0 aliphatic heterocycles. The minimum absolute atomic E-state index is 0.165. The highest BCUT2D eigenvalue weighted by Crippen LogP contribution is 2.27. The highest BCUT2D eigenvalue weighted by molar-refractivity contribution is 7.09. The Balaban J connectivity index is 2.12. The summed E-state index contributed by atoms with van der Waals surface area (Å²) in [5.41, 5.74) is 2.11. The number of rotatable bonds is 6. The summed E-state index contributed by atoms with van der Waals surface area (Å²) in [5, 5.41) is 7.15. The van der Waals surface area contributed by atoms with E-state index in [4.69, 9.17) is 16.0 Å². The van der Waals surface area contributed by atoms with E-state index in [-0.39, 0.29) is 6.04 Å². The second-order valence-electron chi connectivity index (χ2n) is 4.22. The molecular weight excluding hydrogens is 268 g/mol. The third-order valence-corrected chi connectivity index (χ3v) is 3.87. The number of hydrogen-bond acceptors (Lipinski definition) is 4. The van der Waals surface area contributed by atoms with Crippen molar-refractivity contribution in [3.8, 4) is 0 Å². The number of hydrogen-bond donors (Lipinski definition) is 1. The largest absolute Gasteiger partial charge is 0.453 e. The Morgan fingerprint density at radius 2 is 2.39 bits per heavy atom. The van der Waals surface area contributed by atoms with Crippen LogP contribution in [0.3, 0.4) is 0 Å². The van der Waals surface area contributed by atoms with Crippen molar-refractivity contribution < 1.29 is 4.42 Å². The zero-order valence-electron chi connectivity index (χ0n) is 10.6. The van der Waals surface area contributed by atoms with Crippen molar-refractivity contribution in [2.75, 3.05) is 6.54 Å². The maximum Gasteiger partial charge on any atom is 0.197 e. The molecule has 2 heterocycles. The Morgan fingerprint density at radius 3 is 2.94 bits per heavy atom. The van der Waals surface area contributed by atoms with Gasteiger partial charge in [0.25, 0.3) is 0 Å². The average molecular weight is 285 g/mol. The molecule has 1 atom stereocenters. The lowest BCUT2D eigenvalue weighted by atomic mass is 10.1. The number of nitrogens with one attached hydrogen (secondary N) is 1. The van der Waals surface area contributed by atoms with Crippen LogP contribution in [0.25, 0.3) is 0 Å². The number of furan rings is 1. The summed E-state index contributed by atoms with van der Waals surface area (Å²) in [4.78, 5) is 4.50. The van der Waals surface area contributed by atoms with Crippen molar-refractivity contribution in [1.82, 2.24) is 10.3 Å². The smallest absolute Gasteiger partial charge is 0.197 e. The predicted octanol–water partition coefficient (Wildman–Crippen LogP) is 3.98. The van der Waals surface area contributed by atoms with Crippen molar-refractivity contribution in [1.29, 1.82) is 0 Å². The van der Waals surface area contributed by atoms with E-state index in [1.807, 2.05) is 13.0 Å². The summed E-state index contributed by atoms with van der Waals surface area (Å²) in [7, 11) is 0. The molecule has 0 bridgehead atoms. The second kappa shape index (κ2) is 6.36. The third kappa shape index (κ3) is 3.34. The molecule has 3 nitrogen and oxygen atoms in total. The fourth-order valence-electron chi connectivity index (χ4n) is 1.88. The van der Waals surface area contributed by atoms with E-state index in [1.165, 1.54) is 0 Å². The SMILES string of the molecule is CCCNC(Cc1csc(C)n1)c1ccoc1Cl. The molecular formula is C13H17ClN2OS. The van der Waals surface area contributed by atoms with Gasteiger partial charge in [-0.25, -0.2) is 4.98 Å². The Morgan fingerprint density at radius 1 is 1.56 bits per heavy atom. The van der Waals surface area contributed by atoms with Crippen LogP contribution in [0.1, 0.15) is 35.7 Å². The molecule has 0 aromatic carbocycles. The summed E-state index contributed by atoms with van der Waals surface area (Å²) in [6.07, 6.45) is 3.55. The lowest BCUT2D eigenvalue weighted by Crippen LogP contribution is -2.24. The van der Waals surface area contributed by atoms with Crippen molar-refractivity contribution in [3.63, 3.8) is 0 Å². The molecule has 1 unspecified atom stereocenters. The molecule has 5 heteroatoms. The van der Waals surface area contributed by atoms with Crippen LogP contribution in [0.2, 0.25) is 5.22 Å². The first kappa shape index (κ1) is 13.6. The molecule has 0 aliphatic carbocycles. The highest BCUT2D eigenvalue weighted by atomic mass is 35.5.